The van der Waals surface area contributed by atoms with Crippen LogP contribution >= 0.6 is 0 Å². The summed E-state index contributed by atoms with van der Waals surface area (Å²) in [5.74, 6) is -0.0829. The number of benzene rings is 2. The van der Waals surface area contributed by atoms with Gasteiger partial charge in [-0.1, -0.05) is 50.2 Å². The van der Waals surface area contributed by atoms with Crippen LogP contribution < -0.4 is 0 Å². The predicted octanol–water partition coefficient (Wildman–Crippen LogP) is 3.77. The molecule has 0 radical (unpaired) electrons. The highest BCUT2D eigenvalue weighted by Gasteiger charge is 2.30. The molecule has 0 spiro atoms. The van der Waals surface area contributed by atoms with Gasteiger partial charge in [0.15, 0.2) is 0 Å². The summed E-state index contributed by atoms with van der Waals surface area (Å²) in [6, 6.07) is 12.5. The molecule has 3 aromatic rings. The molecule has 12 heteroatoms. The molecule has 0 saturated heterocycles. The maximum absolute atomic E-state index is 13.5. The third-order valence-corrected chi connectivity index (χ3v) is 9.00. The number of pyridine rings is 1. The molecule has 0 aliphatic carbocycles. The van der Waals surface area contributed by atoms with Gasteiger partial charge in [0.05, 0.1) is 32.3 Å². The maximum atomic E-state index is 13.5. The average molecular weight is 518 g/mol. The van der Waals surface area contributed by atoms with Gasteiger partial charge in [0.25, 0.3) is 0 Å². The van der Waals surface area contributed by atoms with Gasteiger partial charge >= 0.3 is 0 Å². The van der Waals surface area contributed by atoms with Crippen molar-refractivity contribution in [2.45, 2.75) is 47.6 Å². The lowest BCUT2D eigenvalue weighted by Crippen LogP contribution is -2.42. The van der Waals surface area contributed by atoms with Crippen LogP contribution in [0.1, 0.15) is 20.8 Å². The highest BCUT2D eigenvalue weighted by molar-refractivity contribution is 7.92. The SMILES string of the molecule is CC(C)CN(CC(O)[C@H](C)N=[N+]=[N-])S(=O)(=O)c1cccc(S(=O)(=O)c2cccc3cccnc23)c1. The molecule has 0 fully saturated rings. The second kappa shape index (κ2) is 10.7. The van der Waals surface area contributed by atoms with E-state index in [1.54, 1.807) is 24.3 Å². The van der Waals surface area contributed by atoms with Gasteiger partial charge in [-0.3, -0.25) is 4.98 Å². The topological polar surface area (TPSA) is 153 Å². The summed E-state index contributed by atoms with van der Waals surface area (Å²) in [7, 11) is -8.28. The van der Waals surface area contributed by atoms with Crippen LogP contribution in [0, 0.1) is 5.92 Å². The minimum absolute atomic E-state index is 0.0252. The number of aliphatic hydroxyl groups excluding tert-OH is 1. The summed E-state index contributed by atoms with van der Waals surface area (Å²) in [5.41, 5.74) is 8.92. The van der Waals surface area contributed by atoms with E-state index < -0.39 is 32.0 Å². The van der Waals surface area contributed by atoms with Crippen molar-refractivity contribution in [2.75, 3.05) is 13.1 Å². The van der Waals surface area contributed by atoms with Crippen molar-refractivity contribution < 1.29 is 21.9 Å². The van der Waals surface area contributed by atoms with Gasteiger partial charge in [0.2, 0.25) is 19.9 Å². The van der Waals surface area contributed by atoms with E-state index in [1.165, 1.54) is 37.4 Å². The zero-order valence-electron chi connectivity index (χ0n) is 19.6. The molecule has 1 heterocycles. The number of rotatable bonds is 10. The Labute approximate surface area is 204 Å². The average Bonchev–Trinajstić information content (AvgIpc) is 2.83. The molecule has 2 aromatic carbocycles. The molecule has 2 atom stereocenters. The molecular formula is C23H27N5O5S2. The predicted molar refractivity (Wildman–Crippen MR) is 132 cm³/mol. The Morgan fingerprint density at radius 2 is 1.66 bits per heavy atom. The first-order valence-corrected chi connectivity index (χ1v) is 13.8. The number of hydrogen-bond acceptors (Lipinski definition) is 7. The van der Waals surface area contributed by atoms with Crippen LogP contribution in [0.2, 0.25) is 0 Å². The van der Waals surface area contributed by atoms with Crippen molar-refractivity contribution in [3.05, 3.63) is 71.2 Å². The Bertz CT molecular complexity index is 1460. The standard InChI is InChI=1S/C23H27N5O5S2/c1-16(2)14-28(15-21(29)17(3)26-27-24)35(32,33)20-10-5-9-19(13-20)34(30,31)22-11-4-7-18-8-6-12-25-23(18)22/h4-13,16-17,21,29H,14-15H2,1-3H3/t17-,21?/m0/s1. The largest absolute Gasteiger partial charge is 0.391 e. The summed E-state index contributed by atoms with van der Waals surface area (Å²) in [6.45, 7) is 4.88. The first-order valence-electron chi connectivity index (χ1n) is 10.9. The van der Waals surface area contributed by atoms with Crippen molar-refractivity contribution in [1.29, 1.82) is 0 Å². The van der Waals surface area contributed by atoms with E-state index in [0.29, 0.717) is 10.9 Å². The first kappa shape index (κ1) is 26.6. The maximum Gasteiger partial charge on any atom is 0.243 e. The Balaban J connectivity index is 2.05. The number of sulfonamides is 1. The van der Waals surface area contributed by atoms with Crippen LogP contribution in [0.3, 0.4) is 0 Å². The van der Waals surface area contributed by atoms with Crippen molar-refractivity contribution in [1.82, 2.24) is 9.29 Å². The summed E-state index contributed by atoms with van der Waals surface area (Å²) in [5, 5.41) is 14.5. The summed E-state index contributed by atoms with van der Waals surface area (Å²) in [6.07, 6.45) is 0.252. The minimum atomic E-state index is -4.19. The number of aliphatic hydroxyl groups is 1. The lowest BCUT2D eigenvalue weighted by molar-refractivity contribution is 0.122. The summed E-state index contributed by atoms with van der Waals surface area (Å²) in [4.78, 5) is 6.42. The molecule has 0 amide bonds. The van der Waals surface area contributed by atoms with E-state index in [-0.39, 0.29) is 33.7 Å². The van der Waals surface area contributed by atoms with Crippen LogP contribution in [0.25, 0.3) is 21.3 Å². The number of aromatic nitrogens is 1. The fraction of sp³-hybridized carbons (Fsp3) is 0.348. The Morgan fingerprint density at radius 3 is 2.34 bits per heavy atom. The normalized spacial score (nSPS) is 14.1. The number of fused-ring (bicyclic) bond motifs is 1. The summed E-state index contributed by atoms with van der Waals surface area (Å²) < 4.78 is 55.1. The molecule has 186 valence electrons. The van der Waals surface area contributed by atoms with Crippen LogP contribution in [-0.2, 0) is 19.9 Å². The van der Waals surface area contributed by atoms with E-state index in [9.17, 15) is 21.9 Å². The Hall–Kier alpha value is -3.02. The quantitative estimate of drug-likeness (QED) is 0.245. The van der Waals surface area contributed by atoms with E-state index in [4.69, 9.17) is 5.53 Å². The van der Waals surface area contributed by atoms with Crippen molar-refractivity contribution >= 4 is 30.8 Å². The molecule has 0 aliphatic rings. The van der Waals surface area contributed by atoms with Gasteiger partial charge < -0.3 is 5.11 Å². The lowest BCUT2D eigenvalue weighted by atomic mass is 10.2. The first-order chi connectivity index (χ1) is 16.5. The number of azide groups is 1. The van der Waals surface area contributed by atoms with Crippen molar-refractivity contribution in [3.8, 4) is 0 Å². The number of sulfone groups is 1. The molecular weight excluding hydrogens is 490 g/mol. The van der Waals surface area contributed by atoms with Gasteiger partial charge in [0.1, 0.15) is 0 Å². The van der Waals surface area contributed by atoms with Crippen LogP contribution in [0.15, 0.2) is 80.6 Å². The second-order valence-corrected chi connectivity index (χ2v) is 12.4. The van der Waals surface area contributed by atoms with E-state index >= 15 is 0 Å². The number of hydrogen-bond donors (Lipinski definition) is 1. The third-order valence-electron chi connectivity index (χ3n) is 5.39. The molecule has 0 aliphatic heterocycles. The second-order valence-electron chi connectivity index (χ2n) is 8.54. The van der Waals surface area contributed by atoms with Gasteiger partial charge in [0, 0.05) is 29.6 Å². The van der Waals surface area contributed by atoms with E-state index in [1.807, 2.05) is 13.8 Å². The fourth-order valence-electron chi connectivity index (χ4n) is 3.57. The van der Waals surface area contributed by atoms with Gasteiger partial charge in [-0.05, 0) is 41.8 Å². The number of nitrogens with zero attached hydrogens (tertiary/aromatic N) is 5. The lowest BCUT2D eigenvalue weighted by Gasteiger charge is -2.27. The zero-order chi connectivity index (χ0) is 25.8. The smallest absolute Gasteiger partial charge is 0.243 e. The summed E-state index contributed by atoms with van der Waals surface area (Å²) >= 11 is 0. The Kier molecular flexibility index (Phi) is 8.14. The van der Waals surface area contributed by atoms with E-state index in [0.717, 1.165) is 10.4 Å². The van der Waals surface area contributed by atoms with Gasteiger partial charge in [-0.25, -0.2) is 16.8 Å². The van der Waals surface area contributed by atoms with Gasteiger partial charge in [-0.15, -0.1) is 0 Å². The Morgan fingerprint density at radius 1 is 1.00 bits per heavy atom. The van der Waals surface area contributed by atoms with Gasteiger partial charge in [-0.2, -0.15) is 4.31 Å². The highest BCUT2D eigenvalue weighted by Crippen LogP contribution is 2.29. The van der Waals surface area contributed by atoms with Crippen LogP contribution in [0.4, 0.5) is 0 Å². The van der Waals surface area contributed by atoms with Crippen LogP contribution in [-0.4, -0.2) is 56.5 Å². The molecule has 1 aromatic heterocycles. The molecule has 10 nitrogen and oxygen atoms in total. The van der Waals surface area contributed by atoms with Crippen LogP contribution in [0.5, 0.6) is 0 Å². The van der Waals surface area contributed by atoms with Crippen molar-refractivity contribution in [2.24, 2.45) is 11.0 Å². The zero-order valence-corrected chi connectivity index (χ0v) is 21.2. The third kappa shape index (κ3) is 5.80. The van der Waals surface area contributed by atoms with Crippen molar-refractivity contribution in [3.63, 3.8) is 0 Å². The molecule has 0 bridgehead atoms. The molecule has 0 saturated carbocycles. The monoisotopic (exact) mass is 517 g/mol. The molecule has 1 unspecified atom stereocenters. The minimum Gasteiger partial charge on any atom is -0.391 e. The molecule has 3 rings (SSSR count). The molecule has 35 heavy (non-hydrogen) atoms. The number of para-hydroxylation sites is 1. The molecule has 1 N–H and O–H groups in total. The fourth-order valence-corrected chi connectivity index (χ4v) is 6.79. The highest BCUT2D eigenvalue weighted by atomic mass is 32.2. The van der Waals surface area contributed by atoms with E-state index in [2.05, 4.69) is 15.0 Å².